The molecule has 5 heteroatoms. The van der Waals surface area contributed by atoms with Crippen LogP contribution in [-0.4, -0.2) is 13.2 Å². The van der Waals surface area contributed by atoms with E-state index in [-0.39, 0.29) is 11.8 Å². The van der Waals surface area contributed by atoms with E-state index in [4.69, 9.17) is 0 Å². The topological polar surface area (TPSA) is 21.3 Å². The van der Waals surface area contributed by atoms with Crippen LogP contribution < -0.4 is 10.1 Å². The maximum Gasteiger partial charge on any atom is 0.387 e. The first kappa shape index (κ1) is 14.0. The van der Waals surface area contributed by atoms with Crippen LogP contribution in [0.1, 0.15) is 23.4 Å². The molecule has 0 saturated heterocycles. The van der Waals surface area contributed by atoms with Gasteiger partial charge in [0.2, 0.25) is 0 Å². The lowest BCUT2D eigenvalue weighted by Gasteiger charge is -2.20. The number of para-hydroxylation sites is 1. The summed E-state index contributed by atoms with van der Waals surface area (Å²) in [6.45, 7) is -0.0882. The van der Waals surface area contributed by atoms with Gasteiger partial charge in [-0.1, -0.05) is 31.2 Å². The van der Waals surface area contributed by atoms with E-state index >= 15 is 0 Å². The Kier molecular flexibility index (Phi) is 4.87. The Morgan fingerprint density at radius 1 is 1.21 bits per heavy atom. The van der Waals surface area contributed by atoms with Crippen molar-refractivity contribution in [3.63, 3.8) is 0 Å². The van der Waals surface area contributed by atoms with Crippen molar-refractivity contribution in [3.05, 3.63) is 52.2 Å². The molecule has 2 rings (SSSR count). The van der Waals surface area contributed by atoms with E-state index in [0.29, 0.717) is 0 Å². The number of hydrogen-bond donors (Lipinski definition) is 1. The monoisotopic (exact) mass is 283 g/mol. The van der Waals surface area contributed by atoms with E-state index in [0.717, 1.165) is 17.0 Å². The van der Waals surface area contributed by atoms with Gasteiger partial charge >= 0.3 is 6.61 Å². The zero-order valence-corrected chi connectivity index (χ0v) is 11.3. The highest BCUT2D eigenvalue weighted by atomic mass is 32.1. The summed E-state index contributed by atoms with van der Waals surface area (Å²) in [5, 5.41) is 5.27. The van der Waals surface area contributed by atoms with Crippen molar-refractivity contribution in [2.45, 2.75) is 19.6 Å². The number of alkyl halides is 2. The van der Waals surface area contributed by atoms with Gasteiger partial charge in [-0.3, -0.25) is 0 Å². The van der Waals surface area contributed by atoms with Gasteiger partial charge in [0.15, 0.2) is 0 Å². The molecule has 1 aromatic heterocycles. The maximum absolute atomic E-state index is 12.5. The Hall–Kier alpha value is -1.46. The van der Waals surface area contributed by atoms with Gasteiger partial charge in [-0.25, -0.2) is 0 Å². The summed E-state index contributed by atoms with van der Waals surface area (Å²) < 4.78 is 29.5. The number of thiophene rings is 1. The third-order valence-corrected chi connectivity index (χ3v) is 3.62. The van der Waals surface area contributed by atoms with Crippen molar-refractivity contribution in [1.82, 2.24) is 5.32 Å². The SMILES string of the molecule is CCNC(c1cccs1)c1ccccc1OC(F)F. The van der Waals surface area contributed by atoms with E-state index in [2.05, 4.69) is 10.1 Å². The lowest BCUT2D eigenvalue weighted by molar-refractivity contribution is -0.0506. The molecule has 1 atom stereocenters. The van der Waals surface area contributed by atoms with Crippen LogP contribution in [0.15, 0.2) is 41.8 Å². The second-order valence-electron chi connectivity index (χ2n) is 3.92. The van der Waals surface area contributed by atoms with Gasteiger partial charge in [-0.15, -0.1) is 11.3 Å². The molecule has 0 saturated carbocycles. The molecule has 19 heavy (non-hydrogen) atoms. The van der Waals surface area contributed by atoms with E-state index in [1.807, 2.05) is 36.6 Å². The minimum Gasteiger partial charge on any atom is -0.434 e. The molecule has 1 heterocycles. The van der Waals surface area contributed by atoms with Crippen molar-refractivity contribution in [1.29, 1.82) is 0 Å². The second kappa shape index (κ2) is 6.63. The summed E-state index contributed by atoms with van der Waals surface area (Å²) >= 11 is 1.59. The quantitative estimate of drug-likeness (QED) is 0.863. The molecular weight excluding hydrogens is 268 g/mol. The Bertz CT molecular complexity index is 502. The van der Waals surface area contributed by atoms with Gasteiger partial charge in [-0.2, -0.15) is 8.78 Å². The normalized spacial score (nSPS) is 12.6. The fraction of sp³-hybridized carbons (Fsp3) is 0.286. The number of ether oxygens (including phenoxy) is 1. The smallest absolute Gasteiger partial charge is 0.387 e. The number of halogens is 2. The lowest BCUT2D eigenvalue weighted by atomic mass is 10.0. The fourth-order valence-electron chi connectivity index (χ4n) is 1.95. The average Bonchev–Trinajstić information content (AvgIpc) is 2.90. The van der Waals surface area contributed by atoms with Crippen molar-refractivity contribution < 1.29 is 13.5 Å². The third-order valence-electron chi connectivity index (χ3n) is 2.68. The van der Waals surface area contributed by atoms with Gasteiger partial charge in [0.1, 0.15) is 5.75 Å². The van der Waals surface area contributed by atoms with Crippen LogP contribution in [0.2, 0.25) is 0 Å². The highest BCUT2D eigenvalue weighted by Gasteiger charge is 2.19. The summed E-state index contributed by atoms with van der Waals surface area (Å²) in [7, 11) is 0. The van der Waals surface area contributed by atoms with E-state index in [9.17, 15) is 8.78 Å². The van der Waals surface area contributed by atoms with Gasteiger partial charge < -0.3 is 10.1 Å². The Morgan fingerprint density at radius 2 is 2.00 bits per heavy atom. The van der Waals surface area contributed by atoms with Crippen molar-refractivity contribution in [3.8, 4) is 5.75 Å². The Balaban J connectivity index is 2.36. The molecule has 1 aromatic carbocycles. The zero-order chi connectivity index (χ0) is 13.7. The van der Waals surface area contributed by atoms with Crippen LogP contribution in [0, 0.1) is 0 Å². The Labute approximate surface area is 115 Å². The minimum absolute atomic E-state index is 0.125. The van der Waals surface area contributed by atoms with Crippen LogP contribution in [0.3, 0.4) is 0 Å². The second-order valence-corrected chi connectivity index (χ2v) is 4.90. The number of nitrogens with one attached hydrogen (secondary N) is 1. The summed E-state index contributed by atoms with van der Waals surface area (Å²) in [6.07, 6.45) is 0. The van der Waals surface area contributed by atoms with Gasteiger partial charge in [0.05, 0.1) is 6.04 Å². The van der Waals surface area contributed by atoms with Crippen molar-refractivity contribution >= 4 is 11.3 Å². The van der Waals surface area contributed by atoms with Crippen molar-refractivity contribution in [2.24, 2.45) is 0 Å². The molecule has 0 fully saturated rings. The maximum atomic E-state index is 12.5. The number of benzene rings is 1. The molecule has 0 aliphatic heterocycles. The molecule has 2 aromatic rings. The fourth-order valence-corrected chi connectivity index (χ4v) is 2.76. The number of rotatable bonds is 6. The summed E-state index contributed by atoms with van der Waals surface area (Å²) in [6, 6.07) is 10.7. The molecule has 2 nitrogen and oxygen atoms in total. The summed E-state index contributed by atoms with van der Waals surface area (Å²) in [5.74, 6) is 0.219. The molecule has 0 aliphatic carbocycles. The Morgan fingerprint density at radius 3 is 2.63 bits per heavy atom. The van der Waals surface area contributed by atoms with Crippen LogP contribution in [-0.2, 0) is 0 Å². The first-order valence-corrected chi connectivity index (χ1v) is 6.91. The van der Waals surface area contributed by atoms with Crippen LogP contribution in [0.5, 0.6) is 5.75 Å². The largest absolute Gasteiger partial charge is 0.434 e. The molecule has 0 radical (unpaired) electrons. The van der Waals surface area contributed by atoms with E-state index < -0.39 is 6.61 Å². The summed E-state index contributed by atoms with van der Waals surface area (Å²) in [4.78, 5) is 1.08. The highest BCUT2D eigenvalue weighted by Crippen LogP contribution is 2.32. The van der Waals surface area contributed by atoms with Crippen LogP contribution in [0.25, 0.3) is 0 Å². The molecule has 0 spiro atoms. The standard InChI is InChI=1S/C14H15F2NOS/c1-2-17-13(12-8-5-9-19-12)10-6-3-4-7-11(10)18-14(15)16/h3-9,13-14,17H,2H2,1H3. The van der Waals surface area contributed by atoms with Gasteiger partial charge in [0, 0.05) is 10.4 Å². The molecule has 1 N–H and O–H groups in total. The summed E-state index contributed by atoms with van der Waals surface area (Å²) in [5.41, 5.74) is 0.729. The predicted molar refractivity (Wildman–Crippen MR) is 72.9 cm³/mol. The third kappa shape index (κ3) is 3.52. The van der Waals surface area contributed by atoms with E-state index in [1.165, 1.54) is 0 Å². The molecular formula is C14H15F2NOS. The van der Waals surface area contributed by atoms with Gasteiger partial charge in [-0.05, 0) is 24.1 Å². The molecule has 102 valence electrons. The predicted octanol–water partition coefficient (Wildman–Crippen LogP) is 4.05. The molecule has 0 bridgehead atoms. The highest BCUT2D eigenvalue weighted by molar-refractivity contribution is 7.10. The first-order chi connectivity index (χ1) is 9.22. The molecule has 0 aliphatic rings. The first-order valence-electron chi connectivity index (χ1n) is 6.03. The van der Waals surface area contributed by atoms with Crippen LogP contribution >= 0.6 is 11.3 Å². The molecule has 0 amide bonds. The van der Waals surface area contributed by atoms with Crippen LogP contribution in [0.4, 0.5) is 8.78 Å². The number of hydrogen-bond acceptors (Lipinski definition) is 3. The van der Waals surface area contributed by atoms with E-state index in [1.54, 1.807) is 23.5 Å². The minimum atomic E-state index is -2.81. The van der Waals surface area contributed by atoms with Gasteiger partial charge in [0.25, 0.3) is 0 Å². The average molecular weight is 283 g/mol. The lowest BCUT2D eigenvalue weighted by Crippen LogP contribution is -2.22. The van der Waals surface area contributed by atoms with Crippen molar-refractivity contribution in [2.75, 3.05) is 6.54 Å². The molecule has 1 unspecified atom stereocenters. The zero-order valence-electron chi connectivity index (χ0n) is 10.5.